The highest BCUT2D eigenvalue weighted by molar-refractivity contribution is 6.24. The summed E-state index contributed by atoms with van der Waals surface area (Å²) >= 11 is 0. The van der Waals surface area contributed by atoms with E-state index >= 15 is 0 Å². The van der Waals surface area contributed by atoms with Gasteiger partial charge < -0.3 is 13.6 Å². The van der Waals surface area contributed by atoms with Crippen LogP contribution in [0, 0.1) is 22.7 Å². The number of aromatic nitrogens is 2. The van der Waals surface area contributed by atoms with Gasteiger partial charge in [0.05, 0.1) is 62.1 Å². The van der Waals surface area contributed by atoms with Crippen LogP contribution in [0.5, 0.6) is 0 Å². The molecule has 226 valence electrons. The quantitative estimate of drug-likeness (QED) is 0.196. The number of hydrogen-bond acceptors (Lipinski definition) is 3. The van der Waals surface area contributed by atoms with E-state index in [1.165, 1.54) is 0 Å². The number of fused-ring (bicyclic) bond motifs is 10. The monoisotopic (exact) mass is 624 g/mol. The molecule has 10 aromatic rings. The van der Waals surface area contributed by atoms with Crippen molar-refractivity contribution in [2.75, 3.05) is 0 Å². The van der Waals surface area contributed by atoms with Crippen molar-refractivity contribution >= 4 is 65.6 Å². The van der Waals surface area contributed by atoms with Crippen molar-refractivity contribution < 1.29 is 4.42 Å². The first-order valence-corrected chi connectivity index (χ1v) is 16.1. The number of nitriles is 2. The van der Waals surface area contributed by atoms with Crippen molar-refractivity contribution in [1.29, 1.82) is 10.5 Å². The lowest BCUT2D eigenvalue weighted by Gasteiger charge is -2.19. The average molecular weight is 625 g/mol. The van der Waals surface area contributed by atoms with Crippen molar-refractivity contribution in [3.63, 3.8) is 0 Å². The molecule has 0 spiro atoms. The summed E-state index contributed by atoms with van der Waals surface area (Å²) in [6.07, 6.45) is 0. The number of para-hydroxylation sites is 4. The standard InChI is InChI=1S/C44H24N4O/c45-25-27-17-20-39(47-36-13-5-1-9-29(36)30-10-2-6-14-37(30)47)34(23-27)35-24-28(26-46)18-21-40(35)48-38-15-7-3-12-33(38)43-41(48)22-19-32-31-11-4-8-16-42(31)49-44(32)43/h1-24H. The van der Waals surface area contributed by atoms with E-state index in [1.54, 1.807) is 0 Å². The Morgan fingerprint density at radius 3 is 1.51 bits per heavy atom. The van der Waals surface area contributed by atoms with Gasteiger partial charge >= 0.3 is 0 Å². The fourth-order valence-corrected chi connectivity index (χ4v) is 7.71. The van der Waals surface area contributed by atoms with Gasteiger partial charge in [-0.2, -0.15) is 10.5 Å². The van der Waals surface area contributed by atoms with Crippen molar-refractivity contribution in [2.45, 2.75) is 0 Å². The largest absolute Gasteiger partial charge is 0.455 e. The maximum absolute atomic E-state index is 10.2. The third-order valence-electron chi connectivity index (χ3n) is 9.78. The Kier molecular flexibility index (Phi) is 5.64. The summed E-state index contributed by atoms with van der Waals surface area (Å²) in [7, 11) is 0. The molecular formula is C44H24N4O. The zero-order valence-corrected chi connectivity index (χ0v) is 26.1. The van der Waals surface area contributed by atoms with Crippen molar-refractivity contribution in [3.05, 3.63) is 157 Å². The van der Waals surface area contributed by atoms with E-state index in [-0.39, 0.29) is 0 Å². The lowest BCUT2D eigenvalue weighted by molar-refractivity contribution is 0.673. The Bertz CT molecular complexity index is 3030. The molecule has 5 nitrogen and oxygen atoms in total. The summed E-state index contributed by atoms with van der Waals surface area (Å²) in [5.74, 6) is 0. The molecule has 7 aromatic carbocycles. The molecule has 3 heterocycles. The van der Waals surface area contributed by atoms with E-state index in [4.69, 9.17) is 4.42 Å². The molecule has 3 aromatic heterocycles. The molecule has 0 saturated carbocycles. The highest BCUT2D eigenvalue weighted by atomic mass is 16.3. The third kappa shape index (κ3) is 3.79. The minimum absolute atomic E-state index is 0.537. The molecule has 0 saturated heterocycles. The third-order valence-corrected chi connectivity index (χ3v) is 9.78. The fraction of sp³-hybridized carbons (Fsp3) is 0. The van der Waals surface area contributed by atoms with Crippen LogP contribution < -0.4 is 0 Å². The molecule has 0 unspecified atom stereocenters. The van der Waals surface area contributed by atoms with Gasteiger partial charge in [-0.25, -0.2) is 0 Å². The van der Waals surface area contributed by atoms with Gasteiger partial charge in [-0.3, -0.25) is 0 Å². The van der Waals surface area contributed by atoms with Crippen LogP contribution in [-0.2, 0) is 0 Å². The smallest absolute Gasteiger partial charge is 0.145 e. The summed E-state index contributed by atoms with van der Waals surface area (Å²) in [5.41, 5.74) is 10.5. The van der Waals surface area contributed by atoms with Gasteiger partial charge in [0.15, 0.2) is 0 Å². The second-order valence-electron chi connectivity index (χ2n) is 12.3. The van der Waals surface area contributed by atoms with Crippen LogP contribution in [-0.4, -0.2) is 9.13 Å². The summed E-state index contributed by atoms with van der Waals surface area (Å²) < 4.78 is 11.1. The van der Waals surface area contributed by atoms with Gasteiger partial charge in [-0.15, -0.1) is 0 Å². The van der Waals surface area contributed by atoms with Gasteiger partial charge in [0.2, 0.25) is 0 Å². The Balaban J connectivity index is 1.34. The minimum Gasteiger partial charge on any atom is -0.455 e. The molecule has 49 heavy (non-hydrogen) atoms. The van der Waals surface area contributed by atoms with E-state index < -0.39 is 0 Å². The molecule has 0 radical (unpaired) electrons. The Morgan fingerprint density at radius 1 is 0.429 bits per heavy atom. The SMILES string of the molecule is N#Cc1ccc(-n2c3ccccc3c3ccccc32)c(-c2cc(C#N)ccc2-n2c3ccccc3c3c4oc5ccccc5c4ccc32)c1. The molecule has 0 aliphatic heterocycles. The van der Waals surface area contributed by atoms with E-state index in [0.29, 0.717) is 11.1 Å². The maximum atomic E-state index is 10.2. The Morgan fingerprint density at radius 2 is 0.918 bits per heavy atom. The molecule has 0 amide bonds. The molecule has 0 N–H and O–H groups in total. The normalized spacial score (nSPS) is 11.6. The van der Waals surface area contributed by atoms with E-state index in [0.717, 1.165) is 88.1 Å². The highest BCUT2D eigenvalue weighted by Crippen LogP contribution is 2.44. The first-order chi connectivity index (χ1) is 24.2. The first-order valence-electron chi connectivity index (χ1n) is 16.1. The number of nitrogens with zero attached hydrogens (tertiary/aromatic N) is 4. The molecule has 0 aliphatic rings. The molecule has 0 bridgehead atoms. The molecular weight excluding hydrogens is 601 g/mol. The summed E-state index contributed by atoms with van der Waals surface area (Å²) in [5, 5.41) is 26.9. The Labute approximate surface area is 280 Å². The zero-order valence-electron chi connectivity index (χ0n) is 26.1. The molecule has 5 heteroatoms. The van der Waals surface area contributed by atoms with Gasteiger partial charge in [-0.05, 0) is 72.8 Å². The number of hydrogen-bond donors (Lipinski definition) is 0. The Hall–Kier alpha value is -7.08. The second-order valence-corrected chi connectivity index (χ2v) is 12.3. The van der Waals surface area contributed by atoms with Crippen LogP contribution in [0.25, 0.3) is 88.1 Å². The predicted molar refractivity (Wildman–Crippen MR) is 197 cm³/mol. The minimum atomic E-state index is 0.537. The van der Waals surface area contributed by atoms with Crippen molar-refractivity contribution in [2.24, 2.45) is 0 Å². The maximum Gasteiger partial charge on any atom is 0.145 e. The van der Waals surface area contributed by atoms with Crippen LogP contribution >= 0.6 is 0 Å². The molecule has 0 fully saturated rings. The highest BCUT2D eigenvalue weighted by Gasteiger charge is 2.23. The van der Waals surface area contributed by atoms with Crippen LogP contribution in [0.1, 0.15) is 11.1 Å². The molecule has 0 aliphatic carbocycles. The van der Waals surface area contributed by atoms with Gasteiger partial charge in [0.25, 0.3) is 0 Å². The van der Waals surface area contributed by atoms with Crippen LogP contribution in [0.4, 0.5) is 0 Å². The lowest BCUT2D eigenvalue weighted by Crippen LogP contribution is -2.02. The number of furan rings is 1. The molecule has 10 rings (SSSR count). The van der Waals surface area contributed by atoms with Crippen molar-refractivity contribution in [3.8, 4) is 34.6 Å². The topological polar surface area (TPSA) is 70.6 Å². The summed E-state index contributed by atoms with van der Waals surface area (Å²) in [6.45, 7) is 0. The van der Waals surface area contributed by atoms with E-state index in [1.807, 2.05) is 54.6 Å². The zero-order chi connectivity index (χ0) is 32.6. The van der Waals surface area contributed by atoms with Gasteiger partial charge in [-0.1, -0.05) is 72.8 Å². The average Bonchev–Trinajstić information content (AvgIpc) is 3.82. The van der Waals surface area contributed by atoms with E-state index in [9.17, 15) is 10.5 Å². The van der Waals surface area contributed by atoms with Gasteiger partial charge in [0, 0.05) is 38.1 Å². The lowest BCUT2D eigenvalue weighted by atomic mass is 9.97. The van der Waals surface area contributed by atoms with Gasteiger partial charge in [0.1, 0.15) is 11.2 Å². The first kappa shape index (κ1) is 27.1. The molecule has 0 atom stereocenters. The summed E-state index contributed by atoms with van der Waals surface area (Å²) in [4.78, 5) is 0. The van der Waals surface area contributed by atoms with E-state index in [2.05, 4.69) is 112 Å². The van der Waals surface area contributed by atoms with Crippen LogP contribution in [0.3, 0.4) is 0 Å². The fourth-order valence-electron chi connectivity index (χ4n) is 7.71. The predicted octanol–water partition coefficient (Wildman–Crippen LogP) is 11.2. The number of benzene rings is 7. The van der Waals surface area contributed by atoms with Crippen LogP contribution in [0.2, 0.25) is 0 Å². The number of rotatable bonds is 3. The summed E-state index contributed by atoms with van der Waals surface area (Å²) in [6, 6.07) is 54.1. The van der Waals surface area contributed by atoms with Crippen molar-refractivity contribution in [1.82, 2.24) is 9.13 Å². The second kappa shape index (κ2) is 10.2. The van der Waals surface area contributed by atoms with Crippen LogP contribution in [0.15, 0.2) is 150 Å².